The molecule has 1 rings (SSSR count). The fourth-order valence-corrected chi connectivity index (χ4v) is 1.68. The molecule has 0 amide bonds. The van der Waals surface area contributed by atoms with E-state index in [1.807, 2.05) is 0 Å². The molecule has 3 nitrogen and oxygen atoms in total. The molecule has 0 atom stereocenters. The number of carbonyl (C=O) groups is 1. The van der Waals surface area contributed by atoms with Crippen LogP contribution in [0, 0.1) is 5.92 Å². The van der Waals surface area contributed by atoms with E-state index in [9.17, 15) is 4.79 Å². The fourth-order valence-electron chi connectivity index (χ4n) is 1.68. The molecule has 0 radical (unpaired) electrons. The summed E-state index contributed by atoms with van der Waals surface area (Å²) in [6.45, 7) is 1.32. The van der Waals surface area contributed by atoms with Gasteiger partial charge in [0.15, 0.2) is 0 Å². The van der Waals surface area contributed by atoms with Crippen LogP contribution in [0.5, 0.6) is 0 Å². The second kappa shape index (κ2) is 5.97. The van der Waals surface area contributed by atoms with Crippen LogP contribution in [-0.4, -0.2) is 26.3 Å². The fraction of sp³-hybridized carbons (Fsp3) is 0.900. The number of hydrogen-bond donors (Lipinski definition) is 0. The van der Waals surface area contributed by atoms with E-state index in [4.69, 9.17) is 4.74 Å². The van der Waals surface area contributed by atoms with Gasteiger partial charge in [-0.1, -0.05) is 12.8 Å². The van der Waals surface area contributed by atoms with Gasteiger partial charge in [0.1, 0.15) is 0 Å². The predicted molar refractivity (Wildman–Crippen MR) is 49.4 cm³/mol. The van der Waals surface area contributed by atoms with Gasteiger partial charge in [-0.05, 0) is 18.8 Å². The van der Waals surface area contributed by atoms with E-state index < -0.39 is 0 Å². The van der Waals surface area contributed by atoms with Crippen LogP contribution in [0.15, 0.2) is 0 Å². The third-order valence-corrected chi connectivity index (χ3v) is 2.51. The molecule has 0 aromatic heterocycles. The summed E-state index contributed by atoms with van der Waals surface area (Å²) in [5.74, 6) is 0.545. The minimum atomic E-state index is -0.188. The van der Waals surface area contributed by atoms with Crippen LogP contribution in [0.2, 0.25) is 0 Å². The Balaban J connectivity index is 1.91. The summed E-state index contributed by atoms with van der Waals surface area (Å²) in [6.07, 6.45) is 5.63. The number of carbonyl (C=O) groups excluding carboxylic acids is 1. The van der Waals surface area contributed by atoms with Gasteiger partial charge >= 0.3 is 5.97 Å². The molecule has 0 heterocycles. The molecule has 0 unspecified atom stereocenters. The molecule has 1 saturated carbocycles. The predicted octanol–water partition coefficient (Wildman–Crippen LogP) is 1.76. The summed E-state index contributed by atoms with van der Waals surface area (Å²) in [4.78, 5) is 10.7. The molecule has 13 heavy (non-hydrogen) atoms. The SMILES string of the molecule is COC(=O)CCOCC1CCCC1. The Morgan fingerprint density at radius 3 is 2.69 bits per heavy atom. The molecular formula is C10H18O3. The van der Waals surface area contributed by atoms with Crippen LogP contribution in [-0.2, 0) is 14.3 Å². The van der Waals surface area contributed by atoms with Crippen molar-refractivity contribution in [3.05, 3.63) is 0 Å². The van der Waals surface area contributed by atoms with Gasteiger partial charge in [-0.2, -0.15) is 0 Å². The molecule has 76 valence electrons. The zero-order chi connectivity index (χ0) is 9.52. The van der Waals surface area contributed by atoms with Crippen molar-refractivity contribution in [2.45, 2.75) is 32.1 Å². The molecule has 1 aliphatic rings. The molecule has 0 N–H and O–H groups in total. The highest BCUT2D eigenvalue weighted by Crippen LogP contribution is 2.24. The molecule has 0 aliphatic heterocycles. The van der Waals surface area contributed by atoms with Crippen molar-refractivity contribution in [1.29, 1.82) is 0 Å². The van der Waals surface area contributed by atoms with E-state index in [0.717, 1.165) is 12.5 Å². The Morgan fingerprint density at radius 1 is 1.38 bits per heavy atom. The van der Waals surface area contributed by atoms with Crippen LogP contribution in [0.1, 0.15) is 32.1 Å². The van der Waals surface area contributed by atoms with Gasteiger partial charge in [0.05, 0.1) is 20.1 Å². The first-order valence-corrected chi connectivity index (χ1v) is 4.97. The van der Waals surface area contributed by atoms with Crippen LogP contribution in [0.25, 0.3) is 0 Å². The van der Waals surface area contributed by atoms with Crippen molar-refractivity contribution >= 4 is 5.97 Å². The van der Waals surface area contributed by atoms with Crippen molar-refractivity contribution < 1.29 is 14.3 Å². The average molecular weight is 186 g/mol. The van der Waals surface area contributed by atoms with Crippen molar-refractivity contribution in [3.8, 4) is 0 Å². The Morgan fingerprint density at radius 2 is 2.08 bits per heavy atom. The largest absolute Gasteiger partial charge is 0.469 e. The summed E-state index contributed by atoms with van der Waals surface area (Å²) >= 11 is 0. The summed E-state index contributed by atoms with van der Waals surface area (Å²) in [5.41, 5.74) is 0. The lowest BCUT2D eigenvalue weighted by molar-refractivity contribution is -0.141. The Hall–Kier alpha value is -0.570. The third-order valence-electron chi connectivity index (χ3n) is 2.51. The number of ether oxygens (including phenoxy) is 2. The summed E-state index contributed by atoms with van der Waals surface area (Å²) in [7, 11) is 1.40. The molecule has 0 aromatic carbocycles. The van der Waals surface area contributed by atoms with E-state index in [1.54, 1.807) is 0 Å². The molecule has 0 spiro atoms. The minimum absolute atomic E-state index is 0.188. The standard InChI is InChI=1S/C10H18O3/c1-12-10(11)6-7-13-8-9-4-2-3-5-9/h9H,2-8H2,1H3. The third kappa shape index (κ3) is 4.27. The zero-order valence-corrected chi connectivity index (χ0v) is 8.25. The smallest absolute Gasteiger partial charge is 0.307 e. The van der Waals surface area contributed by atoms with Gasteiger partial charge in [-0.15, -0.1) is 0 Å². The Bertz CT molecular complexity index is 150. The van der Waals surface area contributed by atoms with Gasteiger partial charge in [0.25, 0.3) is 0 Å². The van der Waals surface area contributed by atoms with E-state index in [-0.39, 0.29) is 5.97 Å². The number of methoxy groups -OCH3 is 1. The summed E-state index contributed by atoms with van der Waals surface area (Å²) in [6, 6.07) is 0. The summed E-state index contributed by atoms with van der Waals surface area (Å²) in [5, 5.41) is 0. The normalized spacial score (nSPS) is 17.6. The highest BCUT2D eigenvalue weighted by Gasteiger charge is 2.14. The van der Waals surface area contributed by atoms with E-state index in [1.165, 1.54) is 32.8 Å². The van der Waals surface area contributed by atoms with E-state index >= 15 is 0 Å². The van der Waals surface area contributed by atoms with Crippen LogP contribution in [0.4, 0.5) is 0 Å². The van der Waals surface area contributed by atoms with Crippen molar-refractivity contribution in [1.82, 2.24) is 0 Å². The maximum atomic E-state index is 10.7. The number of esters is 1. The first kappa shape index (κ1) is 10.5. The van der Waals surface area contributed by atoms with Gasteiger partial charge in [0, 0.05) is 6.61 Å². The molecule has 0 aromatic rings. The van der Waals surface area contributed by atoms with E-state index in [0.29, 0.717) is 13.0 Å². The topological polar surface area (TPSA) is 35.5 Å². The first-order valence-electron chi connectivity index (χ1n) is 4.97. The maximum Gasteiger partial charge on any atom is 0.307 e. The molecule has 3 heteroatoms. The number of rotatable bonds is 5. The lowest BCUT2D eigenvalue weighted by Crippen LogP contribution is -2.10. The minimum Gasteiger partial charge on any atom is -0.469 e. The molecule has 1 fully saturated rings. The lowest BCUT2D eigenvalue weighted by Gasteiger charge is -2.08. The second-order valence-electron chi connectivity index (χ2n) is 3.55. The second-order valence-corrected chi connectivity index (χ2v) is 3.55. The molecule has 0 saturated heterocycles. The summed E-state index contributed by atoms with van der Waals surface area (Å²) < 4.78 is 9.89. The highest BCUT2D eigenvalue weighted by molar-refractivity contribution is 5.69. The number of hydrogen-bond acceptors (Lipinski definition) is 3. The Labute approximate surface area is 79.4 Å². The Kier molecular flexibility index (Phi) is 4.83. The van der Waals surface area contributed by atoms with Gasteiger partial charge < -0.3 is 9.47 Å². The van der Waals surface area contributed by atoms with Crippen LogP contribution >= 0.6 is 0 Å². The highest BCUT2D eigenvalue weighted by atomic mass is 16.5. The van der Waals surface area contributed by atoms with Crippen molar-refractivity contribution in [2.75, 3.05) is 20.3 Å². The van der Waals surface area contributed by atoms with Crippen LogP contribution in [0.3, 0.4) is 0 Å². The van der Waals surface area contributed by atoms with E-state index in [2.05, 4.69) is 4.74 Å². The maximum absolute atomic E-state index is 10.7. The molecule has 0 bridgehead atoms. The van der Waals surface area contributed by atoms with Gasteiger partial charge in [-0.25, -0.2) is 0 Å². The van der Waals surface area contributed by atoms with Gasteiger partial charge in [0.2, 0.25) is 0 Å². The molecular weight excluding hydrogens is 168 g/mol. The average Bonchev–Trinajstić information content (AvgIpc) is 2.64. The van der Waals surface area contributed by atoms with Crippen LogP contribution < -0.4 is 0 Å². The van der Waals surface area contributed by atoms with Crippen molar-refractivity contribution in [2.24, 2.45) is 5.92 Å². The molecule has 1 aliphatic carbocycles. The lowest BCUT2D eigenvalue weighted by atomic mass is 10.1. The first-order chi connectivity index (χ1) is 6.33. The van der Waals surface area contributed by atoms with Crippen molar-refractivity contribution in [3.63, 3.8) is 0 Å². The quantitative estimate of drug-likeness (QED) is 0.485. The zero-order valence-electron chi connectivity index (χ0n) is 8.25. The monoisotopic (exact) mass is 186 g/mol. The van der Waals surface area contributed by atoms with Gasteiger partial charge in [-0.3, -0.25) is 4.79 Å².